The summed E-state index contributed by atoms with van der Waals surface area (Å²) >= 11 is 0. The third-order valence-electron chi connectivity index (χ3n) is 4.04. The fraction of sp³-hybridized carbons (Fsp3) is 0.176. The normalized spacial score (nSPS) is 14.9. The lowest BCUT2D eigenvalue weighted by Gasteiger charge is -2.15. The Morgan fingerprint density at radius 3 is 1.78 bits per heavy atom. The highest BCUT2D eigenvalue weighted by atomic mass is 32.3. The molecule has 8 nitrogen and oxygen atoms in total. The predicted octanol–water partition coefficient (Wildman–Crippen LogP) is 2.36. The zero-order valence-corrected chi connectivity index (χ0v) is 14.6. The highest BCUT2D eigenvalue weighted by Gasteiger charge is 2.56. The van der Waals surface area contributed by atoms with Gasteiger partial charge >= 0.3 is 10.4 Å². The lowest BCUT2D eigenvalue weighted by Crippen LogP contribution is -2.35. The van der Waals surface area contributed by atoms with E-state index in [1.54, 1.807) is 0 Å². The van der Waals surface area contributed by atoms with Crippen LogP contribution >= 0.6 is 0 Å². The number of halogens is 1. The van der Waals surface area contributed by atoms with Crippen molar-refractivity contribution in [3.05, 3.63) is 54.3 Å². The first kappa shape index (κ1) is 18.8. The predicted molar refractivity (Wildman–Crippen MR) is 93.9 cm³/mol. The third kappa shape index (κ3) is 4.60. The summed E-state index contributed by atoms with van der Waals surface area (Å²) in [6, 6.07) is 10.4. The molecule has 27 heavy (non-hydrogen) atoms. The van der Waals surface area contributed by atoms with Gasteiger partial charge in [0.25, 0.3) is 0 Å². The summed E-state index contributed by atoms with van der Waals surface area (Å²) in [5.41, 5.74) is -0.506. The topological polar surface area (TPSA) is 122 Å². The van der Waals surface area contributed by atoms with E-state index < -0.39 is 33.4 Å². The molecule has 1 aliphatic carbocycles. The Balaban J connectivity index is 1.64. The molecule has 1 fully saturated rings. The van der Waals surface area contributed by atoms with Gasteiger partial charge in [-0.15, -0.1) is 0 Å². The van der Waals surface area contributed by atoms with Gasteiger partial charge in [0, 0.05) is 11.4 Å². The van der Waals surface area contributed by atoms with E-state index in [1.807, 2.05) is 0 Å². The third-order valence-corrected chi connectivity index (χ3v) is 4.44. The molecular weight excluding hydrogens is 379 g/mol. The maximum atomic E-state index is 12.9. The number of hydrogen-bond donors (Lipinski definition) is 3. The van der Waals surface area contributed by atoms with Crippen molar-refractivity contribution in [3.63, 3.8) is 0 Å². The summed E-state index contributed by atoms with van der Waals surface area (Å²) in [7, 11) is -4.63. The quantitative estimate of drug-likeness (QED) is 0.511. The average molecular weight is 394 g/mol. The summed E-state index contributed by atoms with van der Waals surface area (Å²) in [6.07, 6.45) is 0.742. The number of amides is 2. The van der Waals surface area contributed by atoms with Crippen molar-refractivity contribution in [3.8, 4) is 5.75 Å². The van der Waals surface area contributed by atoms with Gasteiger partial charge in [-0.25, -0.2) is 4.39 Å². The van der Waals surface area contributed by atoms with Crippen molar-refractivity contribution in [1.29, 1.82) is 0 Å². The van der Waals surface area contributed by atoms with Crippen molar-refractivity contribution in [2.24, 2.45) is 5.41 Å². The minimum atomic E-state index is -4.63. The molecule has 10 heteroatoms. The first-order valence-electron chi connectivity index (χ1n) is 7.83. The van der Waals surface area contributed by atoms with Crippen LogP contribution in [-0.2, 0) is 20.0 Å². The van der Waals surface area contributed by atoms with Crippen molar-refractivity contribution in [2.75, 3.05) is 10.6 Å². The van der Waals surface area contributed by atoms with E-state index in [4.69, 9.17) is 4.55 Å². The van der Waals surface area contributed by atoms with Crippen LogP contribution in [0, 0.1) is 11.2 Å². The standard InChI is InChI=1S/C17H15FN2O6S/c18-11-1-3-12(4-2-11)19-15(21)17(9-10-17)16(22)20-13-5-7-14(8-6-13)26-27(23,24)25/h1-8H,9-10H2,(H,19,21)(H,20,22)(H,23,24,25). The summed E-state index contributed by atoms with van der Waals surface area (Å²) in [6.45, 7) is 0. The minimum Gasteiger partial charge on any atom is -0.362 e. The van der Waals surface area contributed by atoms with E-state index in [0.717, 1.165) is 0 Å². The Morgan fingerprint density at radius 1 is 0.926 bits per heavy atom. The van der Waals surface area contributed by atoms with E-state index in [9.17, 15) is 22.4 Å². The molecule has 0 heterocycles. The van der Waals surface area contributed by atoms with E-state index in [0.29, 0.717) is 24.2 Å². The Labute approximate surface area is 154 Å². The molecule has 0 unspecified atom stereocenters. The molecule has 142 valence electrons. The van der Waals surface area contributed by atoms with Crippen molar-refractivity contribution in [2.45, 2.75) is 12.8 Å². The molecule has 3 rings (SSSR count). The molecular formula is C17H15FN2O6S. The SMILES string of the molecule is O=C(Nc1ccc(F)cc1)C1(C(=O)Nc2ccc(OS(=O)(=O)O)cc2)CC1. The number of nitrogens with one attached hydrogen (secondary N) is 2. The molecule has 2 aromatic rings. The van der Waals surface area contributed by atoms with Crippen LogP contribution in [0.25, 0.3) is 0 Å². The van der Waals surface area contributed by atoms with Gasteiger partial charge in [-0.1, -0.05) is 0 Å². The van der Waals surface area contributed by atoms with E-state index in [1.165, 1.54) is 48.5 Å². The van der Waals surface area contributed by atoms with Crippen LogP contribution in [0.3, 0.4) is 0 Å². The first-order chi connectivity index (χ1) is 12.7. The van der Waals surface area contributed by atoms with Crippen LogP contribution in [-0.4, -0.2) is 24.8 Å². The minimum absolute atomic E-state index is 0.134. The van der Waals surface area contributed by atoms with Gasteiger partial charge in [0.2, 0.25) is 11.8 Å². The molecule has 0 aromatic heterocycles. The second kappa shape index (κ2) is 6.97. The molecule has 0 aliphatic heterocycles. The summed E-state index contributed by atoms with van der Waals surface area (Å²) in [4.78, 5) is 24.9. The van der Waals surface area contributed by atoms with Crippen LogP contribution in [0.15, 0.2) is 48.5 Å². The molecule has 2 aromatic carbocycles. The van der Waals surface area contributed by atoms with Gasteiger partial charge in [-0.2, -0.15) is 8.42 Å². The zero-order chi connectivity index (χ0) is 19.7. The number of benzene rings is 2. The van der Waals surface area contributed by atoms with Crippen LogP contribution < -0.4 is 14.8 Å². The van der Waals surface area contributed by atoms with Gasteiger partial charge in [0.05, 0.1) is 0 Å². The Bertz CT molecular complexity index is 969. The Kier molecular flexibility index (Phi) is 4.85. The van der Waals surface area contributed by atoms with Gasteiger partial charge in [-0.05, 0) is 61.4 Å². The number of carbonyl (C=O) groups is 2. The first-order valence-corrected chi connectivity index (χ1v) is 9.20. The van der Waals surface area contributed by atoms with Crippen LogP contribution in [0.4, 0.5) is 15.8 Å². The van der Waals surface area contributed by atoms with Crippen LogP contribution in [0.1, 0.15) is 12.8 Å². The number of rotatable bonds is 6. The van der Waals surface area contributed by atoms with Crippen LogP contribution in [0.2, 0.25) is 0 Å². The second-order valence-corrected chi connectivity index (χ2v) is 7.05. The zero-order valence-electron chi connectivity index (χ0n) is 13.8. The molecule has 0 atom stereocenters. The summed E-state index contributed by atoms with van der Waals surface area (Å²) in [5.74, 6) is -1.57. The second-order valence-electron chi connectivity index (χ2n) is 6.03. The van der Waals surface area contributed by atoms with E-state index >= 15 is 0 Å². The van der Waals surface area contributed by atoms with Crippen molar-refractivity contribution >= 4 is 33.6 Å². The Morgan fingerprint density at radius 2 is 1.37 bits per heavy atom. The monoisotopic (exact) mass is 394 g/mol. The molecule has 1 aliphatic rings. The van der Waals surface area contributed by atoms with Crippen molar-refractivity contribution in [1.82, 2.24) is 0 Å². The van der Waals surface area contributed by atoms with Gasteiger partial charge in [-0.3, -0.25) is 14.1 Å². The average Bonchev–Trinajstić information content (AvgIpc) is 3.39. The maximum Gasteiger partial charge on any atom is 0.446 e. The molecule has 3 N–H and O–H groups in total. The molecule has 0 radical (unpaired) electrons. The number of carbonyl (C=O) groups excluding carboxylic acids is 2. The smallest absolute Gasteiger partial charge is 0.362 e. The molecule has 0 saturated heterocycles. The maximum absolute atomic E-state index is 12.9. The van der Waals surface area contributed by atoms with E-state index in [2.05, 4.69) is 14.8 Å². The highest BCUT2D eigenvalue weighted by molar-refractivity contribution is 7.81. The van der Waals surface area contributed by atoms with Gasteiger partial charge < -0.3 is 14.8 Å². The summed E-state index contributed by atoms with van der Waals surface area (Å²) in [5, 5.41) is 5.18. The number of hydrogen-bond acceptors (Lipinski definition) is 5. The lowest BCUT2D eigenvalue weighted by atomic mass is 10.0. The van der Waals surface area contributed by atoms with Crippen molar-refractivity contribution < 1.29 is 31.1 Å². The fourth-order valence-corrected chi connectivity index (χ4v) is 2.79. The van der Waals surface area contributed by atoms with E-state index in [-0.39, 0.29) is 5.75 Å². The summed E-state index contributed by atoms with van der Waals surface area (Å²) < 4.78 is 47.1. The fourth-order valence-electron chi connectivity index (χ4n) is 2.43. The molecule has 1 saturated carbocycles. The van der Waals surface area contributed by atoms with Gasteiger partial charge in [0.15, 0.2) is 0 Å². The molecule has 0 spiro atoms. The van der Waals surface area contributed by atoms with Gasteiger partial charge in [0.1, 0.15) is 17.0 Å². The molecule has 2 amide bonds. The molecule has 0 bridgehead atoms. The number of anilines is 2. The van der Waals surface area contributed by atoms with Crippen LogP contribution in [0.5, 0.6) is 5.75 Å². The lowest BCUT2D eigenvalue weighted by molar-refractivity contribution is -0.131. The largest absolute Gasteiger partial charge is 0.446 e. The Hall–Kier alpha value is -2.98. The highest BCUT2D eigenvalue weighted by Crippen LogP contribution is 2.47.